The Kier molecular flexibility index (Phi) is 8.96. The van der Waals surface area contributed by atoms with E-state index in [0.29, 0.717) is 17.9 Å². The Bertz CT molecular complexity index is 957. The number of carbonyl (C=O) groups excluding carboxylic acids is 3. The summed E-state index contributed by atoms with van der Waals surface area (Å²) in [6, 6.07) is 15.8. The topological polar surface area (TPSA) is 118 Å². The van der Waals surface area contributed by atoms with Crippen molar-refractivity contribution in [2.24, 2.45) is 5.10 Å². The van der Waals surface area contributed by atoms with Gasteiger partial charge in [0.25, 0.3) is 5.91 Å². The molecule has 3 rings (SSSR count). The molecule has 1 aliphatic rings. The van der Waals surface area contributed by atoms with Gasteiger partial charge in [-0.25, -0.2) is 5.43 Å². The molecule has 9 nitrogen and oxygen atoms in total. The molecule has 1 aliphatic heterocycles. The molecule has 9 heteroatoms. The molecular weight excluding hydrogens is 424 g/mol. The fourth-order valence-electron chi connectivity index (χ4n) is 3.19. The molecule has 2 aromatic rings. The minimum absolute atomic E-state index is 0.0892. The van der Waals surface area contributed by atoms with Crippen LogP contribution in [0.2, 0.25) is 0 Å². The zero-order valence-electron chi connectivity index (χ0n) is 18.5. The van der Waals surface area contributed by atoms with E-state index in [-0.39, 0.29) is 24.7 Å². The van der Waals surface area contributed by atoms with Crippen LogP contribution in [0.25, 0.3) is 0 Å². The second-order valence-electron chi connectivity index (χ2n) is 7.60. The average Bonchev–Trinajstić information content (AvgIpc) is 3.36. The zero-order chi connectivity index (χ0) is 23.5. The number of benzene rings is 2. The molecule has 0 unspecified atom stereocenters. The quantitative estimate of drug-likeness (QED) is 0.304. The Morgan fingerprint density at radius 1 is 1.12 bits per heavy atom. The third kappa shape index (κ3) is 8.04. The van der Waals surface area contributed by atoms with Crippen molar-refractivity contribution in [2.75, 3.05) is 19.8 Å². The van der Waals surface area contributed by atoms with Crippen molar-refractivity contribution in [1.82, 2.24) is 16.1 Å². The van der Waals surface area contributed by atoms with E-state index in [2.05, 4.69) is 21.2 Å². The third-order valence-electron chi connectivity index (χ3n) is 5.03. The second-order valence-corrected chi connectivity index (χ2v) is 7.60. The number of hydrogen-bond acceptors (Lipinski definition) is 6. The molecule has 0 aromatic heterocycles. The van der Waals surface area contributed by atoms with E-state index in [4.69, 9.17) is 9.47 Å². The van der Waals surface area contributed by atoms with Crippen molar-refractivity contribution >= 4 is 23.9 Å². The number of nitrogens with one attached hydrogen (secondary N) is 3. The van der Waals surface area contributed by atoms with Crippen molar-refractivity contribution < 1.29 is 23.9 Å². The molecule has 3 amide bonds. The van der Waals surface area contributed by atoms with Crippen LogP contribution < -0.4 is 20.8 Å². The Morgan fingerprint density at radius 3 is 2.58 bits per heavy atom. The first-order valence-electron chi connectivity index (χ1n) is 10.8. The smallest absolute Gasteiger partial charge is 0.329 e. The molecule has 1 fully saturated rings. The van der Waals surface area contributed by atoms with Gasteiger partial charge in [-0.2, -0.15) is 5.10 Å². The maximum atomic E-state index is 12.0. The van der Waals surface area contributed by atoms with Gasteiger partial charge in [0.15, 0.2) is 6.61 Å². The normalized spacial score (nSPS) is 16.2. The molecule has 33 heavy (non-hydrogen) atoms. The van der Waals surface area contributed by atoms with Crippen LogP contribution in [0, 0.1) is 0 Å². The summed E-state index contributed by atoms with van der Waals surface area (Å²) in [5.74, 6) is -1.32. The summed E-state index contributed by atoms with van der Waals surface area (Å²) in [7, 11) is 0. The van der Waals surface area contributed by atoms with Crippen LogP contribution in [0.1, 0.15) is 36.9 Å². The third-order valence-corrected chi connectivity index (χ3v) is 5.03. The van der Waals surface area contributed by atoms with Gasteiger partial charge in [0.1, 0.15) is 5.75 Å². The molecule has 0 aliphatic carbocycles. The molecule has 3 N–H and O–H groups in total. The van der Waals surface area contributed by atoms with Gasteiger partial charge in [-0.3, -0.25) is 14.4 Å². The summed E-state index contributed by atoms with van der Waals surface area (Å²) in [5.41, 5.74) is 3.78. The lowest BCUT2D eigenvalue weighted by molar-refractivity contribution is -0.139. The highest BCUT2D eigenvalue weighted by Crippen LogP contribution is 2.12. The second kappa shape index (κ2) is 12.4. The predicted molar refractivity (Wildman–Crippen MR) is 123 cm³/mol. The van der Waals surface area contributed by atoms with Crippen LogP contribution in [-0.4, -0.2) is 49.8 Å². The minimum Gasteiger partial charge on any atom is -0.484 e. The SMILES string of the molecule is C[C@H](NC(=O)C(=O)N/N=C\c1ccc(OCC(=O)NC[C@@H]2CCCO2)cc1)c1ccccc1. The van der Waals surface area contributed by atoms with Crippen LogP contribution in [0.4, 0.5) is 0 Å². The van der Waals surface area contributed by atoms with Gasteiger partial charge >= 0.3 is 11.8 Å². The van der Waals surface area contributed by atoms with E-state index >= 15 is 0 Å². The number of carbonyl (C=O) groups is 3. The van der Waals surface area contributed by atoms with E-state index < -0.39 is 11.8 Å². The predicted octanol–water partition coefficient (Wildman–Crippen LogP) is 1.69. The minimum atomic E-state index is -0.858. The van der Waals surface area contributed by atoms with Crippen molar-refractivity contribution in [3.05, 3.63) is 65.7 Å². The highest BCUT2D eigenvalue weighted by atomic mass is 16.5. The van der Waals surface area contributed by atoms with Crippen LogP contribution in [0.5, 0.6) is 5.75 Å². The number of nitrogens with zero attached hydrogens (tertiary/aromatic N) is 1. The van der Waals surface area contributed by atoms with E-state index in [1.807, 2.05) is 30.3 Å². The molecule has 2 atom stereocenters. The average molecular weight is 453 g/mol. The Morgan fingerprint density at radius 2 is 1.88 bits per heavy atom. The van der Waals surface area contributed by atoms with Crippen molar-refractivity contribution in [3.8, 4) is 5.75 Å². The number of rotatable bonds is 9. The summed E-state index contributed by atoms with van der Waals surface area (Å²) in [6.45, 7) is 2.94. The molecule has 1 heterocycles. The number of ether oxygens (including phenoxy) is 2. The van der Waals surface area contributed by atoms with Crippen LogP contribution in [-0.2, 0) is 19.1 Å². The summed E-state index contributed by atoms with van der Waals surface area (Å²) >= 11 is 0. The van der Waals surface area contributed by atoms with E-state index in [0.717, 1.165) is 25.0 Å². The molecule has 0 saturated carbocycles. The van der Waals surface area contributed by atoms with Gasteiger partial charge in [0, 0.05) is 13.2 Å². The molecule has 2 aromatic carbocycles. The van der Waals surface area contributed by atoms with Crippen LogP contribution in [0.15, 0.2) is 59.7 Å². The summed E-state index contributed by atoms with van der Waals surface area (Å²) < 4.78 is 10.9. The fourth-order valence-corrected chi connectivity index (χ4v) is 3.19. The lowest BCUT2D eigenvalue weighted by Gasteiger charge is -2.13. The monoisotopic (exact) mass is 452 g/mol. The fraction of sp³-hybridized carbons (Fsp3) is 0.333. The van der Waals surface area contributed by atoms with Crippen LogP contribution >= 0.6 is 0 Å². The summed E-state index contributed by atoms with van der Waals surface area (Å²) in [6.07, 6.45) is 3.48. The van der Waals surface area contributed by atoms with E-state index in [1.165, 1.54) is 6.21 Å². The molecule has 1 saturated heterocycles. The zero-order valence-corrected chi connectivity index (χ0v) is 18.5. The number of amides is 3. The molecular formula is C24H28N4O5. The van der Waals surface area contributed by atoms with Crippen molar-refractivity contribution in [1.29, 1.82) is 0 Å². The molecule has 0 radical (unpaired) electrons. The van der Waals surface area contributed by atoms with E-state index in [9.17, 15) is 14.4 Å². The van der Waals surface area contributed by atoms with Gasteiger partial charge in [0.05, 0.1) is 18.4 Å². The highest BCUT2D eigenvalue weighted by Gasteiger charge is 2.17. The molecule has 0 spiro atoms. The Labute approximate surface area is 192 Å². The standard InChI is InChI=1S/C24H28N4O5/c1-17(19-6-3-2-4-7-19)27-23(30)24(31)28-26-14-18-9-11-20(12-10-18)33-16-22(29)25-15-21-8-5-13-32-21/h2-4,6-7,9-12,14,17,21H,5,8,13,15-16H2,1H3,(H,25,29)(H,27,30)(H,28,31)/b26-14-/t17-,21-/m0/s1. The van der Waals surface area contributed by atoms with Gasteiger partial charge < -0.3 is 20.1 Å². The van der Waals surface area contributed by atoms with Crippen molar-refractivity contribution in [2.45, 2.75) is 31.9 Å². The van der Waals surface area contributed by atoms with E-state index in [1.54, 1.807) is 31.2 Å². The van der Waals surface area contributed by atoms with Gasteiger partial charge in [0.2, 0.25) is 0 Å². The lowest BCUT2D eigenvalue weighted by Crippen LogP contribution is -2.39. The highest BCUT2D eigenvalue weighted by molar-refractivity contribution is 6.35. The van der Waals surface area contributed by atoms with Gasteiger partial charge in [-0.15, -0.1) is 0 Å². The Hall–Kier alpha value is -3.72. The number of hydrazone groups is 1. The summed E-state index contributed by atoms with van der Waals surface area (Å²) in [4.78, 5) is 35.8. The molecule has 174 valence electrons. The largest absolute Gasteiger partial charge is 0.484 e. The first kappa shape index (κ1) is 23.9. The summed E-state index contributed by atoms with van der Waals surface area (Å²) in [5, 5.41) is 9.22. The van der Waals surface area contributed by atoms with Gasteiger partial charge in [-0.1, -0.05) is 30.3 Å². The van der Waals surface area contributed by atoms with Crippen molar-refractivity contribution in [3.63, 3.8) is 0 Å². The lowest BCUT2D eigenvalue weighted by atomic mass is 10.1. The van der Waals surface area contributed by atoms with Gasteiger partial charge in [-0.05, 0) is 55.2 Å². The molecule has 0 bridgehead atoms. The Balaban J connectivity index is 1.37. The first-order chi connectivity index (χ1) is 16.0. The first-order valence-corrected chi connectivity index (χ1v) is 10.8. The maximum Gasteiger partial charge on any atom is 0.329 e. The maximum absolute atomic E-state index is 12.0. The number of hydrogen-bond donors (Lipinski definition) is 3. The van der Waals surface area contributed by atoms with Crippen LogP contribution in [0.3, 0.4) is 0 Å².